The second-order valence-corrected chi connectivity index (χ2v) is 6.11. The highest BCUT2D eigenvalue weighted by atomic mass is 16.5. The van der Waals surface area contributed by atoms with Crippen molar-refractivity contribution in [1.82, 2.24) is 14.7 Å². The minimum absolute atomic E-state index is 0.0147. The minimum atomic E-state index is -0.354. The highest BCUT2D eigenvalue weighted by Gasteiger charge is 2.46. The van der Waals surface area contributed by atoms with Gasteiger partial charge < -0.3 is 19.4 Å². The maximum atomic E-state index is 12.6. The molecule has 0 saturated carbocycles. The van der Waals surface area contributed by atoms with E-state index < -0.39 is 0 Å². The number of nitrogens with zero attached hydrogens (tertiary/aromatic N) is 3. The number of morpholine rings is 1. The second-order valence-electron chi connectivity index (χ2n) is 6.11. The fraction of sp³-hybridized carbons (Fsp3) is 0.857. The van der Waals surface area contributed by atoms with Crippen molar-refractivity contribution in [2.75, 3.05) is 39.8 Å². The molecule has 3 atom stereocenters. The highest BCUT2D eigenvalue weighted by Crippen LogP contribution is 2.27. The Hall–Kier alpha value is -1.14. The first kappa shape index (κ1) is 13.8. The Kier molecular flexibility index (Phi) is 3.69. The number of piperazine rings is 1. The standard InChI is InChI=1S/C14H23N3O3/c1-10-13(18)16-5-3-4-12(16)14(19)17(10)9-11-8-15(2)6-7-20-11/h10-12H,3-9H2,1-2H3. The van der Waals surface area contributed by atoms with Crippen LogP contribution in [0.1, 0.15) is 19.8 Å². The zero-order valence-corrected chi connectivity index (χ0v) is 12.2. The average molecular weight is 281 g/mol. The molecule has 0 aromatic rings. The van der Waals surface area contributed by atoms with E-state index in [9.17, 15) is 9.59 Å². The van der Waals surface area contributed by atoms with Crippen molar-refractivity contribution in [3.63, 3.8) is 0 Å². The van der Waals surface area contributed by atoms with E-state index in [1.165, 1.54) is 0 Å². The lowest BCUT2D eigenvalue weighted by Gasteiger charge is -2.43. The summed E-state index contributed by atoms with van der Waals surface area (Å²) >= 11 is 0. The third-order valence-corrected chi connectivity index (χ3v) is 4.67. The third kappa shape index (κ3) is 2.31. The van der Waals surface area contributed by atoms with Gasteiger partial charge in [-0.05, 0) is 26.8 Å². The van der Waals surface area contributed by atoms with Crippen LogP contribution in [0.2, 0.25) is 0 Å². The summed E-state index contributed by atoms with van der Waals surface area (Å²) in [6.45, 7) is 5.54. The molecule has 3 unspecified atom stereocenters. The molecule has 2 amide bonds. The molecule has 3 saturated heterocycles. The maximum absolute atomic E-state index is 12.6. The predicted molar refractivity (Wildman–Crippen MR) is 73.1 cm³/mol. The quantitative estimate of drug-likeness (QED) is 0.687. The van der Waals surface area contributed by atoms with Gasteiger partial charge in [0.05, 0.1) is 12.7 Å². The molecule has 3 aliphatic rings. The summed E-state index contributed by atoms with van der Waals surface area (Å²) in [5, 5.41) is 0. The van der Waals surface area contributed by atoms with E-state index in [0.29, 0.717) is 13.2 Å². The number of ether oxygens (including phenoxy) is 1. The number of amides is 2. The van der Waals surface area contributed by atoms with E-state index in [4.69, 9.17) is 4.74 Å². The van der Waals surface area contributed by atoms with Crippen molar-refractivity contribution >= 4 is 11.8 Å². The van der Waals surface area contributed by atoms with Gasteiger partial charge in [-0.25, -0.2) is 0 Å². The Morgan fingerprint density at radius 1 is 1.25 bits per heavy atom. The van der Waals surface area contributed by atoms with Crippen molar-refractivity contribution in [2.24, 2.45) is 0 Å². The topological polar surface area (TPSA) is 53.1 Å². The molecule has 3 fully saturated rings. The Balaban J connectivity index is 1.71. The van der Waals surface area contributed by atoms with Gasteiger partial charge in [0.1, 0.15) is 12.1 Å². The van der Waals surface area contributed by atoms with Crippen LogP contribution in [0.4, 0.5) is 0 Å². The van der Waals surface area contributed by atoms with E-state index in [2.05, 4.69) is 11.9 Å². The van der Waals surface area contributed by atoms with Crippen molar-refractivity contribution in [3.8, 4) is 0 Å². The molecule has 6 heteroatoms. The lowest BCUT2D eigenvalue weighted by molar-refractivity contribution is -0.161. The van der Waals surface area contributed by atoms with Gasteiger partial charge in [-0.15, -0.1) is 0 Å². The van der Waals surface area contributed by atoms with E-state index in [1.54, 1.807) is 9.80 Å². The minimum Gasteiger partial charge on any atom is -0.374 e. The molecule has 0 radical (unpaired) electrons. The molecule has 0 aliphatic carbocycles. The Morgan fingerprint density at radius 2 is 2.05 bits per heavy atom. The van der Waals surface area contributed by atoms with Crippen LogP contribution in [0.15, 0.2) is 0 Å². The van der Waals surface area contributed by atoms with Gasteiger partial charge in [-0.2, -0.15) is 0 Å². The van der Waals surface area contributed by atoms with Crippen LogP contribution in [0.3, 0.4) is 0 Å². The molecule has 112 valence electrons. The zero-order chi connectivity index (χ0) is 14.3. The van der Waals surface area contributed by atoms with Crippen LogP contribution in [0, 0.1) is 0 Å². The van der Waals surface area contributed by atoms with Gasteiger partial charge in [-0.3, -0.25) is 9.59 Å². The van der Waals surface area contributed by atoms with Gasteiger partial charge in [-0.1, -0.05) is 0 Å². The Morgan fingerprint density at radius 3 is 2.80 bits per heavy atom. The summed E-state index contributed by atoms with van der Waals surface area (Å²) in [4.78, 5) is 30.6. The van der Waals surface area contributed by atoms with Gasteiger partial charge in [0.15, 0.2) is 0 Å². The molecule has 0 N–H and O–H groups in total. The Labute approximate surface area is 119 Å². The summed E-state index contributed by atoms with van der Waals surface area (Å²) in [6.07, 6.45) is 1.76. The van der Waals surface area contributed by atoms with Crippen molar-refractivity contribution in [3.05, 3.63) is 0 Å². The van der Waals surface area contributed by atoms with Crippen molar-refractivity contribution < 1.29 is 14.3 Å². The number of hydrogen-bond donors (Lipinski definition) is 0. The van der Waals surface area contributed by atoms with Crippen LogP contribution < -0.4 is 0 Å². The fourth-order valence-electron chi connectivity index (χ4n) is 3.49. The number of hydrogen-bond acceptors (Lipinski definition) is 4. The molecule has 0 aromatic heterocycles. The van der Waals surface area contributed by atoms with Crippen LogP contribution >= 0.6 is 0 Å². The lowest BCUT2D eigenvalue weighted by Crippen LogP contribution is -2.63. The molecule has 0 bridgehead atoms. The molecule has 3 rings (SSSR count). The van der Waals surface area contributed by atoms with E-state index in [0.717, 1.165) is 32.5 Å². The zero-order valence-electron chi connectivity index (χ0n) is 12.2. The smallest absolute Gasteiger partial charge is 0.246 e. The van der Waals surface area contributed by atoms with Gasteiger partial charge in [0.25, 0.3) is 0 Å². The third-order valence-electron chi connectivity index (χ3n) is 4.67. The molecular weight excluding hydrogens is 258 g/mol. The largest absolute Gasteiger partial charge is 0.374 e. The maximum Gasteiger partial charge on any atom is 0.246 e. The fourth-order valence-corrected chi connectivity index (χ4v) is 3.49. The predicted octanol–water partition coefficient (Wildman–Crippen LogP) is -0.461. The summed E-state index contributed by atoms with van der Waals surface area (Å²) in [5.74, 6) is 0.197. The number of fused-ring (bicyclic) bond motifs is 1. The Bertz CT molecular complexity index is 414. The molecule has 0 aromatic carbocycles. The number of likely N-dealkylation sites (N-methyl/N-ethyl adjacent to an activating group) is 1. The van der Waals surface area contributed by atoms with E-state index in [1.807, 2.05) is 6.92 Å². The van der Waals surface area contributed by atoms with Gasteiger partial charge in [0.2, 0.25) is 11.8 Å². The van der Waals surface area contributed by atoms with E-state index in [-0.39, 0.29) is 30.0 Å². The van der Waals surface area contributed by atoms with Gasteiger partial charge >= 0.3 is 0 Å². The average Bonchev–Trinajstić information content (AvgIpc) is 2.91. The molecule has 20 heavy (non-hydrogen) atoms. The summed E-state index contributed by atoms with van der Waals surface area (Å²) in [6, 6.07) is -0.576. The molecule has 0 spiro atoms. The van der Waals surface area contributed by atoms with Crippen LogP contribution in [0.25, 0.3) is 0 Å². The highest BCUT2D eigenvalue weighted by molar-refractivity contribution is 5.97. The lowest BCUT2D eigenvalue weighted by atomic mass is 10.1. The molecule has 3 aliphatic heterocycles. The monoisotopic (exact) mass is 281 g/mol. The number of rotatable bonds is 2. The first-order chi connectivity index (χ1) is 9.58. The number of carbonyl (C=O) groups excluding carboxylic acids is 2. The van der Waals surface area contributed by atoms with Crippen molar-refractivity contribution in [2.45, 2.75) is 38.0 Å². The summed E-state index contributed by atoms with van der Waals surface area (Å²) < 4.78 is 5.73. The molecule has 3 heterocycles. The SMILES string of the molecule is CC1C(=O)N2CCCC2C(=O)N1CC1CN(C)CCO1. The molecular formula is C14H23N3O3. The number of carbonyl (C=O) groups is 2. The second kappa shape index (κ2) is 5.33. The van der Waals surface area contributed by atoms with Crippen molar-refractivity contribution in [1.29, 1.82) is 0 Å². The van der Waals surface area contributed by atoms with Crippen LogP contribution in [0.5, 0.6) is 0 Å². The van der Waals surface area contributed by atoms with Crippen LogP contribution in [-0.2, 0) is 14.3 Å². The first-order valence-corrected chi connectivity index (χ1v) is 7.49. The van der Waals surface area contributed by atoms with E-state index >= 15 is 0 Å². The summed E-state index contributed by atoms with van der Waals surface area (Å²) in [7, 11) is 2.06. The summed E-state index contributed by atoms with van der Waals surface area (Å²) in [5.41, 5.74) is 0. The van der Waals surface area contributed by atoms with Crippen LogP contribution in [-0.4, -0.2) is 84.5 Å². The normalized spacial score (nSPS) is 35.6. The molecule has 6 nitrogen and oxygen atoms in total. The van der Waals surface area contributed by atoms with Gasteiger partial charge in [0, 0.05) is 26.2 Å². The first-order valence-electron chi connectivity index (χ1n) is 7.49.